The second-order valence-electron chi connectivity index (χ2n) is 5.26. The van der Waals surface area contributed by atoms with Gasteiger partial charge in [0.2, 0.25) is 0 Å². The summed E-state index contributed by atoms with van der Waals surface area (Å²) in [6.45, 7) is 4.00. The van der Waals surface area contributed by atoms with E-state index in [4.69, 9.17) is 14.7 Å². The van der Waals surface area contributed by atoms with E-state index >= 15 is 0 Å². The van der Waals surface area contributed by atoms with Gasteiger partial charge in [0.05, 0.1) is 31.5 Å². The number of carbonyl (C=O) groups is 1. The zero-order chi connectivity index (χ0) is 15.4. The van der Waals surface area contributed by atoms with Crippen LogP contribution in [0.2, 0.25) is 0 Å². The van der Waals surface area contributed by atoms with Crippen LogP contribution >= 0.6 is 0 Å². The van der Waals surface area contributed by atoms with Gasteiger partial charge in [0.25, 0.3) is 5.91 Å². The average molecular weight is 302 g/mol. The van der Waals surface area contributed by atoms with Crippen LogP contribution in [-0.2, 0) is 14.3 Å². The Hall–Kier alpha value is -2.17. The highest BCUT2D eigenvalue weighted by Crippen LogP contribution is 2.16. The minimum absolute atomic E-state index is 0.00177. The van der Waals surface area contributed by atoms with Gasteiger partial charge in [0, 0.05) is 32.4 Å². The van der Waals surface area contributed by atoms with Crippen molar-refractivity contribution in [2.75, 3.05) is 50.9 Å². The molecule has 1 aromatic heterocycles. The highest BCUT2D eigenvalue weighted by molar-refractivity contribution is 5.81. The lowest BCUT2D eigenvalue weighted by atomic mass is 10.2. The van der Waals surface area contributed by atoms with Gasteiger partial charge in [-0.15, -0.1) is 0 Å². The molecule has 0 bridgehead atoms. The summed E-state index contributed by atoms with van der Waals surface area (Å²) in [4.78, 5) is 20.5. The van der Waals surface area contributed by atoms with Crippen LogP contribution in [-0.4, -0.2) is 67.9 Å². The first-order chi connectivity index (χ1) is 10.8. The number of carbonyl (C=O) groups excluding carboxylic acids is 1. The minimum Gasteiger partial charge on any atom is -0.376 e. The van der Waals surface area contributed by atoms with Gasteiger partial charge < -0.3 is 19.3 Å². The van der Waals surface area contributed by atoms with Crippen molar-refractivity contribution in [2.45, 2.75) is 6.10 Å². The first-order valence-corrected chi connectivity index (χ1v) is 7.37. The smallest absolute Gasteiger partial charge is 0.254 e. The van der Waals surface area contributed by atoms with Crippen LogP contribution in [0.5, 0.6) is 0 Å². The van der Waals surface area contributed by atoms with Gasteiger partial charge >= 0.3 is 0 Å². The maximum atomic E-state index is 12.3. The van der Waals surface area contributed by atoms with Crippen molar-refractivity contribution in [2.24, 2.45) is 0 Å². The number of ether oxygens (including phenoxy) is 2. The second kappa shape index (κ2) is 6.73. The number of aromatic nitrogens is 1. The van der Waals surface area contributed by atoms with Gasteiger partial charge in [-0.2, -0.15) is 5.26 Å². The summed E-state index contributed by atoms with van der Waals surface area (Å²) in [6.07, 6.45) is 1.17. The Kier molecular flexibility index (Phi) is 4.51. The Balaban J connectivity index is 1.57. The number of hydrogen-bond donors (Lipinski definition) is 0. The van der Waals surface area contributed by atoms with Crippen LogP contribution in [0.25, 0.3) is 0 Å². The van der Waals surface area contributed by atoms with Crippen molar-refractivity contribution in [1.82, 2.24) is 9.88 Å². The van der Waals surface area contributed by atoms with E-state index in [1.807, 2.05) is 4.90 Å². The van der Waals surface area contributed by atoms with E-state index in [1.165, 1.54) is 0 Å². The molecule has 1 unspecified atom stereocenters. The molecule has 0 saturated carbocycles. The highest BCUT2D eigenvalue weighted by atomic mass is 16.6. The van der Waals surface area contributed by atoms with Crippen molar-refractivity contribution in [3.05, 3.63) is 23.9 Å². The molecule has 2 fully saturated rings. The summed E-state index contributed by atoms with van der Waals surface area (Å²) >= 11 is 0. The number of amides is 1. The van der Waals surface area contributed by atoms with Crippen molar-refractivity contribution < 1.29 is 14.3 Å². The van der Waals surface area contributed by atoms with Gasteiger partial charge in [0.1, 0.15) is 5.82 Å². The molecule has 0 aliphatic carbocycles. The summed E-state index contributed by atoms with van der Waals surface area (Å²) in [5, 5.41) is 8.94. The number of nitriles is 1. The summed E-state index contributed by atoms with van der Waals surface area (Å²) in [7, 11) is 0. The Bertz CT molecular complexity index is 572. The number of hydrogen-bond acceptors (Lipinski definition) is 6. The molecule has 2 aliphatic rings. The van der Waals surface area contributed by atoms with Gasteiger partial charge in [0.15, 0.2) is 6.10 Å². The molecule has 0 N–H and O–H groups in total. The molecular formula is C15H18N4O3. The van der Waals surface area contributed by atoms with E-state index in [9.17, 15) is 4.79 Å². The Labute approximate surface area is 129 Å². The van der Waals surface area contributed by atoms with E-state index < -0.39 is 6.10 Å². The van der Waals surface area contributed by atoms with E-state index in [1.54, 1.807) is 18.3 Å². The predicted molar refractivity (Wildman–Crippen MR) is 78.3 cm³/mol. The number of rotatable bonds is 2. The molecule has 1 amide bonds. The average Bonchev–Trinajstić information content (AvgIpc) is 2.62. The van der Waals surface area contributed by atoms with Crippen LogP contribution in [0.3, 0.4) is 0 Å². The van der Waals surface area contributed by atoms with Crippen molar-refractivity contribution in [3.8, 4) is 6.07 Å². The molecular weight excluding hydrogens is 284 g/mol. The summed E-state index contributed by atoms with van der Waals surface area (Å²) in [6, 6.07) is 5.57. The fraction of sp³-hybridized carbons (Fsp3) is 0.533. The standard InChI is InChI=1S/C15H18N4O3/c16-10-12-1-2-17-14(9-12)18-3-5-19(6-4-18)15(20)13-11-21-7-8-22-13/h1-2,9,13H,3-8,11H2. The number of nitrogens with zero attached hydrogens (tertiary/aromatic N) is 4. The van der Waals surface area contributed by atoms with E-state index in [2.05, 4.69) is 16.0 Å². The van der Waals surface area contributed by atoms with Gasteiger partial charge in [-0.3, -0.25) is 4.79 Å². The predicted octanol–water partition coefficient (Wildman–Crippen LogP) is 0.0173. The molecule has 116 valence electrons. The molecule has 1 aromatic rings. The molecule has 1 atom stereocenters. The third-order valence-electron chi connectivity index (χ3n) is 3.88. The molecule has 0 aromatic carbocycles. The van der Waals surface area contributed by atoms with Gasteiger partial charge in [-0.05, 0) is 12.1 Å². The maximum Gasteiger partial charge on any atom is 0.254 e. The number of pyridine rings is 1. The molecule has 2 aliphatic heterocycles. The zero-order valence-corrected chi connectivity index (χ0v) is 12.3. The highest BCUT2D eigenvalue weighted by Gasteiger charge is 2.30. The third-order valence-corrected chi connectivity index (χ3v) is 3.88. The normalized spacial score (nSPS) is 22.2. The maximum absolute atomic E-state index is 12.3. The number of anilines is 1. The fourth-order valence-electron chi connectivity index (χ4n) is 2.65. The monoisotopic (exact) mass is 302 g/mol. The fourth-order valence-corrected chi connectivity index (χ4v) is 2.65. The summed E-state index contributed by atoms with van der Waals surface area (Å²) in [5.74, 6) is 0.779. The first kappa shape index (κ1) is 14.8. The van der Waals surface area contributed by atoms with Crippen molar-refractivity contribution in [1.29, 1.82) is 5.26 Å². The van der Waals surface area contributed by atoms with Crippen LogP contribution in [0, 0.1) is 11.3 Å². The lowest BCUT2D eigenvalue weighted by Gasteiger charge is -2.37. The molecule has 0 radical (unpaired) electrons. The lowest BCUT2D eigenvalue weighted by Crippen LogP contribution is -2.53. The Morgan fingerprint density at radius 2 is 2.14 bits per heavy atom. The Morgan fingerprint density at radius 3 is 2.82 bits per heavy atom. The number of piperazine rings is 1. The van der Waals surface area contributed by atoms with Crippen LogP contribution in [0.1, 0.15) is 5.56 Å². The largest absolute Gasteiger partial charge is 0.376 e. The summed E-state index contributed by atoms with van der Waals surface area (Å²) < 4.78 is 10.7. The van der Waals surface area contributed by atoms with Gasteiger partial charge in [-0.25, -0.2) is 4.98 Å². The van der Waals surface area contributed by atoms with E-state index in [0.29, 0.717) is 51.6 Å². The Morgan fingerprint density at radius 1 is 1.32 bits per heavy atom. The van der Waals surface area contributed by atoms with E-state index in [-0.39, 0.29) is 5.91 Å². The van der Waals surface area contributed by atoms with Crippen LogP contribution in [0.4, 0.5) is 5.82 Å². The lowest BCUT2D eigenvalue weighted by molar-refractivity contribution is -0.158. The molecule has 22 heavy (non-hydrogen) atoms. The molecule has 0 spiro atoms. The van der Waals surface area contributed by atoms with Crippen LogP contribution < -0.4 is 4.90 Å². The minimum atomic E-state index is -0.472. The molecule has 3 heterocycles. The van der Waals surface area contributed by atoms with Crippen molar-refractivity contribution >= 4 is 11.7 Å². The second-order valence-corrected chi connectivity index (χ2v) is 5.26. The van der Waals surface area contributed by atoms with Crippen molar-refractivity contribution in [3.63, 3.8) is 0 Å². The van der Waals surface area contributed by atoms with Crippen LogP contribution in [0.15, 0.2) is 18.3 Å². The molecule has 2 saturated heterocycles. The SMILES string of the molecule is N#Cc1ccnc(N2CCN(C(=O)C3COCCO3)CC2)c1. The van der Waals surface area contributed by atoms with E-state index in [0.717, 1.165) is 5.82 Å². The topological polar surface area (TPSA) is 78.7 Å². The summed E-state index contributed by atoms with van der Waals surface area (Å²) in [5.41, 5.74) is 0.594. The quantitative estimate of drug-likeness (QED) is 0.766. The third kappa shape index (κ3) is 3.18. The molecule has 3 rings (SSSR count). The van der Waals surface area contributed by atoms with Gasteiger partial charge in [-0.1, -0.05) is 0 Å². The first-order valence-electron chi connectivity index (χ1n) is 7.37. The molecule has 7 nitrogen and oxygen atoms in total. The zero-order valence-electron chi connectivity index (χ0n) is 12.3. The molecule has 7 heteroatoms.